The summed E-state index contributed by atoms with van der Waals surface area (Å²) < 4.78 is 68.0. The number of anilines is 1. The molecule has 186 valence electrons. The number of sulfonamides is 2. The van der Waals surface area contributed by atoms with Crippen LogP contribution in [-0.4, -0.2) is 56.9 Å². The third-order valence-corrected chi connectivity index (χ3v) is 10.5. The molecule has 2 aliphatic rings. The molecule has 10 heteroatoms. The molecular weight excluding hydrogens is 477 g/mol. The van der Waals surface area contributed by atoms with Crippen molar-refractivity contribution in [2.75, 3.05) is 24.7 Å². The van der Waals surface area contributed by atoms with Gasteiger partial charge in [-0.3, -0.25) is 0 Å². The molecule has 0 amide bonds. The van der Waals surface area contributed by atoms with Crippen LogP contribution in [-0.2, 0) is 26.6 Å². The number of piperidine rings is 1. The van der Waals surface area contributed by atoms with Crippen molar-refractivity contribution >= 4 is 25.7 Å². The standard InChI is InChI=1S/C24H32FN3O4S2/c1-18-8-11-24(20-6-4-3-5-7-20)34(31,32)28(18)17-19-9-10-23(22(25)16-19)26-21-12-14-27(15-13-21)33(2,29)30/h3-7,9-10,16,18,21,24,26H,8,11-15,17H2,1-2H3/t18-,24?/m0/s1. The number of benzene rings is 2. The Labute approximate surface area is 202 Å². The van der Waals surface area contributed by atoms with E-state index >= 15 is 0 Å². The van der Waals surface area contributed by atoms with Gasteiger partial charge in [0, 0.05) is 31.7 Å². The lowest BCUT2D eigenvalue weighted by Gasteiger charge is -2.37. The molecule has 2 aromatic carbocycles. The van der Waals surface area contributed by atoms with Gasteiger partial charge in [0.1, 0.15) is 11.1 Å². The Morgan fingerprint density at radius 2 is 1.71 bits per heavy atom. The molecule has 0 saturated carbocycles. The predicted octanol–water partition coefficient (Wildman–Crippen LogP) is 3.72. The van der Waals surface area contributed by atoms with E-state index < -0.39 is 31.1 Å². The van der Waals surface area contributed by atoms with Crippen LogP contribution in [0.2, 0.25) is 0 Å². The molecule has 2 fully saturated rings. The first-order valence-corrected chi connectivity index (χ1v) is 15.0. The summed E-state index contributed by atoms with van der Waals surface area (Å²) in [6, 6.07) is 13.9. The van der Waals surface area contributed by atoms with E-state index in [4.69, 9.17) is 0 Å². The minimum absolute atomic E-state index is 0.0209. The molecule has 2 atom stereocenters. The minimum Gasteiger partial charge on any atom is -0.380 e. The van der Waals surface area contributed by atoms with Gasteiger partial charge < -0.3 is 5.32 Å². The molecule has 1 N–H and O–H groups in total. The Kier molecular flexibility index (Phi) is 7.33. The van der Waals surface area contributed by atoms with E-state index in [-0.39, 0.29) is 18.6 Å². The van der Waals surface area contributed by atoms with Crippen LogP contribution in [0.5, 0.6) is 0 Å². The summed E-state index contributed by atoms with van der Waals surface area (Å²) in [6.45, 7) is 2.83. The molecule has 2 aromatic rings. The average molecular weight is 510 g/mol. The number of halogens is 1. The summed E-state index contributed by atoms with van der Waals surface area (Å²) >= 11 is 0. The van der Waals surface area contributed by atoms with Gasteiger partial charge in [-0.1, -0.05) is 36.4 Å². The van der Waals surface area contributed by atoms with Crippen molar-refractivity contribution in [2.24, 2.45) is 0 Å². The summed E-state index contributed by atoms with van der Waals surface area (Å²) in [7, 11) is -6.79. The van der Waals surface area contributed by atoms with Crippen molar-refractivity contribution in [3.05, 3.63) is 65.5 Å². The van der Waals surface area contributed by atoms with Crippen LogP contribution in [0, 0.1) is 5.82 Å². The first-order valence-electron chi connectivity index (χ1n) is 11.6. The Hall–Kier alpha value is -2.01. The Morgan fingerprint density at radius 1 is 1.03 bits per heavy atom. The molecule has 0 aliphatic carbocycles. The van der Waals surface area contributed by atoms with Crippen LogP contribution in [0.1, 0.15) is 49.0 Å². The van der Waals surface area contributed by atoms with Gasteiger partial charge in [0.25, 0.3) is 0 Å². The van der Waals surface area contributed by atoms with Gasteiger partial charge in [-0.2, -0.15) is 4.31 Å². The van der Waals surface area contributed by atoms with E-state index in [0.717, 1.165) is 12.0 Å². The fourth-order valence-electron chi connectivity index (χ4n) is 4.86. The number of rotatable bonds is 6. The molecule has 7 nitrogen and oxygen atoms in total. The first-order chi connectivity index (χ1) is 16.1. The second-order valence-electron chi connectivity index (χ2n) is 9.31. The largest absolute Gasteiger partial charge is 0.380 e. The molecule has 4 rings (SSSR count). The lowest BCUT2D eigenvalue weighted by molar-refractivity contribution is 0.281. The summed E-state index contributed by atoms with van der Waals surface area (Å²) in [5.74, 6) is -0.440. The molecule has 2 saturated heterocycles. The van der Waals surface area contributed by atoms with Crippen LogP contribution < -0.4 is 5.32 Å². The van der Waals surface area contributed by atoms with Crippen molar-refractivity contribution in [3.8, 4) is 0 Å². The molecular formula is C24H32FN3O4S2. The second-order valence-corrected chi connectivity index (χ2v) is 13.4. The maximum Gasteiger partial charge on any atom is 0.221 e. The fraction of sp³-hybridized carbons (Fsp3) is 0.500. The highest BCUT2D eigenvalue weighted by Gasteiger charge is 2.40. The zero-order valence-electron chi connectivity index (χ0n) is 19.5. The molecule has 34 heavy (non-hydrogen) atoms. The first kappa shape index (κ1) is 25.1. The van der Waals surface area contributed by atoms with Gasteiger partial charge in [-0.25, -0.2) is 25.5 Å². The Bertz CT molecular complexity index is 1210. The number of hydrogen-bond donors (Lipinski definition) is 1. The highest BCUT2D eigenvalue weighted by atomic mass is 32.2. The fourth-order valence-corrected chi connectivity index (χ4v) is 7.93. The number of hydrogen-bond acceptors (Lipinski definition) is 5. The van der Waals surface area contributed by atoms with Crippen molar-refractivity contribution in [3.63, 3.8) is 0 Å². The topological polar surface area (TPSA) is 86.8 Å². The number of nitrogens with zero attached hydrogens (tertiary/aromatic N) is 2. The van der Waals surface area contributed by atoms with E-state index in [0.29, 0.717) is 43.6 Å². The molecule has 0 bridgehead atoms. The van der Waals surface area contributed by atoms with E-state index in [1.807, 2.05) is 37.3 Å². The zero-order valence-corrected chi connectivity index (χ0v) is 21.2. The summed E-state index contributed by atoms with van der Waals surface area (Å²) in [5.41, 5.74) is 1.73. The highest BCUT2D eigenvalue weighted by Crippen LogP contribution is 2.38. The van der Waals surface area contributed by atoms with E-state index in [1.165, 1.54) is 20.9 Å². The van der Waals surface area contributed by atoms with Crippen molar-refractivity contribution < 1.29 is 21.2 Å². The van der Waals surface area contributed by atoms with Crippen LogP contribution in [0.15, 0.2) is 48.5 Å². The smallest absolute Gasteiger partial charge is 0.221 e. The molecule has 2 heterocycles. The monoisotopic (exact) mass is 509 g/mol. The molecule has 0 aromatic heterocycles. The third kappa shape index (κ3) is 5.45. The maximum atomic E-state index is 14.9. The van der Waals surface area contributed by atoms with Gasteiger partial charge in [-0.05, 0) is 55.9 Å². The summed E-state index contributed by atoms with van der Waals surface area (Å²) in [4.78, 5) is 0. The van der Waals surface area contributed by atoms with Gasteiger partial charge in [0.15, 0.2) is 0 Å². The van der Waals surface area contributed by atoms with E-state index in [1.54, 1.807) is 12.1 Å². The van der Waals surface area contributed by atoms with Crippen LogP contribution in [0.4, 0.5) is 10.1 Å². The van der Waals surface area contributed by atoms with Crippen molar-refractivity contribution in [1.29, 1.82) is 0 Å². The van der Waals surface area contributed by atoms with Crippen LogP contribution >= 0.6 is 0 Å². The molecule has 1 unspecified atom stereocenters. The lowest BCUT2D eigenvalue weighted by Crippen LogP contribution is -2.44. The average Bonchev–Trinajstić information content (AvgIpc) is 2.78. The quantitative estimate of drug-likeness (QED) is 0.642. The lowest BCUT2D eigenvalue weighted by atomic mass is 10.0. The zero-order chi connectivity index (χ0) is 24.5. The maximum absolute atomic E-state index is 14.9. The molecule has 0 radical (unpaired) electrons. The van der Waals surface area contributed by atoms with E-state index in [9.17, 15) is 21.2 Å². The minimum atomic E-state index is -3.59. The van der Waals surface area contributed by atoms with Gasteiger partial charge in [-0.15, -0.1) is 0 Å². The van der Waals surface area contributed by atoms with E-state index in [2.05, 4.69) is 5.32 Å². The normalized spacial score (nSPS) is 24.7. The second kappa shape index (κ2) is 9.93. The Balaban J connectivity index is 1.44. The number of nitrogens with one attached hydrogen (secondary N) is 1. The highest BCUT2D eigenvalue weighted by molar-refractivity contribution is 7.89. The summed E-state index contributed by atoms with van der Waals surface area (Å²) in [5, 5.41) is 2.59. The SMILES string of the molecule is C[C@H]1CCC(c2ccccc2)S(=O)(=O)N1Cc1ccc(NC2CCN(S(C)(=O)=O)CC2)c(F)c1. The predicted molar refractivity (Wildman–Crippen MR) is 132 cm³/mol. The van der Waals surface area contributed by atoms with Gasteiger partial charge in [0.2, 0.25) is 20.0 Å². The van der Waals surface area contributed by atoms with Crippen molar-refractivity contribution in [1.82, 2.24) is 8.61 Å². The van der Waals surface area contributed by atoms with Gasteiger partial charge >= 0.3 is 0 Å². The Morgan fingerprint density at radius 3 is 2.32 bits per heavy atom. The summed E-state index contributed by atoms with van der Waals surface area (Å²) in [6.07, 6.45) is 3.70. The third-order valence-electron chi connectivity index (χ3n) is 6.85. The van der Waals surface area contributed by atoms with Crippen LogP contribution in [0.3, 0.4) is 0 Å². The molecule has 0 spiro atoms. The molecule has 2 aliphatic heterocycles. The van der Waals surface area contributed by atoms with Gasteiger partial charge in [0.05, 0.1) is 11.9 Å². The van der Waals surface area contributed by atoms with Crippen LogP contribution in [0.25, 0.3) is 0 Å². The van der Waals surface area contributed by atoms with Crippen molar-refractivity contribution in [2.45, 2.75) is 56.5 Å².